The minimum absolute atomic E-state index is 0. The van der Waals surface area contributed by atoms with Crippen LogP contribution in [0.2, 0.25) is 0 Å². The summed E-state index contributed by atoms with van der Waals surface area (Å²) in [5.41, 5.74) is 0.0764. The fourth-order valence-electron chi connectivity index (χ4n) is 4.00. The van der Waals surface area contributed by atoms with Crippen molar-refractivity contribution in [2.75, 3.05) is 0 Å². The molecule has 0 aromatic carbocycles. The molecule has 3 nitrogen and oxygen atoms in total. The molecule has 0 fully saturated rings. The van der Waals surface area contributed by atoms with Gasteiger partial charge in [-0.25, -0.2) is 0 Å². The maximum absolute atomic E-state index is 10.7. The summed E-state index contributed by atoms with van der Waals surface area (Å²) in [6.07, 6.45) is 0. The third kappa shape index (κ3) is 18.5. The van der Waals surface area contributed by atoms with Crippen LogP contribution in [-0.2, 0) is 30.5 Å². The van der Waals surface area contributed by atoms with Crippen LogP contribution >= 0.6 is 15.8 Å². The zero-order valence-electron chi connectivity index (χ0n) is 20.1. The minimum Gasteiger partial charge on any atom is -0.279 e. The monoisotopic (exact) mass is 578 g/mol. The first-order chi connectivity index (χ1) is 12.2. The molecule has 0 aliphatic rings. The summed E-state index contributed by atoms with van der Waals surface area (Å²) in [6, 6.07) is 0. The van der Waals surface area contributed by atoms with E-state index in [2.05, 4.69) is 83.1 Å². The van der Waals surface area contributed by atoms with Crippen molar-refractivity contribution in [2.24, 2.45) is 0 Å². The molecule has 0 aliphatic carbocycles. The molecule has 184 valence electrons. The predicted molar refractivity (Wildman–Crippen MR) is 125 cm³/mol. The number of hydrogen-bond donors (Lipinski definition) is 1. The molecule has 0 rings (SSSR count). The molecule has 0 aliphatic heterocycles. The zero-order valence-corrected chi connectivity index (χ0v) is 24.5. The first-order valence-corrected chi connectivity index (χ1v) is 14.9. The van der Waals surface area contributed by atoms with Crippen LogP contribution in [0.5, 0.6) is 0 Å². The van der Waals surface area contributed by atoms with E-state index in [4.69, 9.17) is 13.0 Å². The fraction of sp³-hybridized carbons (Fsp3) is 1.00. The maximum Gasteiger partial charge on any atom is 0.522 e. The largest absolute Gasteiger partial charge is 0.522 e. The van der Waals surface area contributed by atoms with Gasteiger partial charge in [0.1, 0.15) is 0 Å². The number of rotatable bonds is 6. The van der Waals surface area contributed by atoms with Crippen molar-refractivity contribution in [3.63, 3.8) is 0 Å². The third-order valence-corrected chi connectivity index (χ3v) is 12.9. The summed E-state index contributed by atoms with van der Waals surface area (Å²) in [5, 5.41) is 0. The second-order valence-corrected chi connectivity index (χ2v) is 19.2. The van der Waals surface area contributed by atoms with Crippen LogP contribution < -0.4 is 0 Å². The van der Waals surface area contributed by atoms with Crippen molar-refractivity contribution < 1.29 is 46.6 Å². The molecule has 29 heavy (non-hydrogen) atoms. The summed E-state index contributed by atoms with van der Waals surface area (Å²) in [6.45, 7) is 28.4. The Hall–Kier alpha value is 1.22. The molecular formula is C19H45F3O3P2PdS+2. The van der Waals surface area contributed by atoms with Crippen molar-refractivity contribution in [2.45, 2.75) is 123 Å². The van der Waals surface area contributed by atoms with Crippen LogP contribution in [0.4, 0.5) is 13.2 Å². The van der Waals surface area contributed by atoms with Gasteiger partial charge in [0, 0.05) is 36.3 Å². The zero-order chi connectivity index (χ0) is 23.6. The number of alkyl halides is 3. The van der Waals surface area contributed by atoms with Crippen molar-refractivity contribution >= 4 is 26.0 Å². The number of hydrogen-bond acceptors (Lipinski definition) is 2. The van der Waals surface area contributed by atoms with Crippen molar-refractivity contribution in [1.29, 1.82) is 0 Å². The van der Waals surface area contributed by atoms with Crippen molar-refractivity contribution in [1.82, 2.24) is 0 Å². The van der Waals surface area contributed by atoms with E-state index < -0.39 is 15.6 Å². The van der Waals surface area contributed by atoms with Gasteiger partial charge in [0.05, 0.1) is 34.0 Å². The maximum atomic E-state index is 10.7. The molecule has 0 unspecified atom stereocenters. The van der Waals surface area contributed by atoms with Gasteiger partial charge in [0.2, 0.25) is 0 Å². The average molecular weight is 579 g/mol. The Morgan fingerprint density at radius 1 is 0.586 bits per heavy atom. The predicted octanol–water partition coefficient (Wildman–Crippen LogP) is 7.24. The second kappa shape index (κ2) is 16.8. The van der Waals surface area contributed by atoms with Gasteiger partial charge in [-0.1, -0.05) is 0 Å². The van der Waals surface area contributed by atoms with E-state index in [0.717, 1.165) is 34.0 Å². The molecule has 1 N–H and O–H groups in total. The Morgan fingerprint density at radius 3 is 0.690 bits per heavy atom. The van der Waals surface area contributed by atoms with E-state index >= 15 is 0 Å². The molecule has 0 amide bonds. The van der Waals surface area contributed by atoms with Crippen LogP contribution in [0.25, 0.3) is 0 Å². The first-order valence-electron chi connectivity index (χ1n) is 9.95. The fourth-order valence-corrected chi connectivity index (χ4v) is 12.0. The van der Waals surface area contributed by atoms with Gasteiger partial charge >= 0.3 is 15.6 Å². The van der Waals surface area contributed by atoms with E-state index in [0.29, 0.717) is 0 Å². The molecule has 0 aromatic heterocycles. The quantitative estimate of drug-likeness (QED) is 0.156. The van der Waals surface area contributed by atoms with Gasteiger partial charge < -0.3 is 0 Å². The van der Waals surface area contributed by atoms with E-state index in [1.54, 1.807) is 0 Å². The molecule has 0 saturated carbocycles. The standard InChI is InChI=1S/2C9H21P.CHF3O3S.Pd/c2*1-7(2)10(8(3)4)9(5)6;2-1(3,4)8(5,6)7;/h2*7-9H,1-6H3;(H,5,6,7);/p+2. The Balaban J connectivity index is -0.000000160. The second-order valence-electron chi connectivity index (χ2n) is 8.85. The third-order valence-electron chi connectivity index (χ3n) is 4.29. The Bertz CT molecular complexity index is 433. The topological polar surface area (TPSA) is 54.4 Å². The molecule has 0 saturated heterocycles. The Kier molecular flexibility index (Phi) is 21.7. The SMILES string of the molecule is CC(C)[PH+](C(C)C)C(C)C.CC(C)[PH+](C(C)C)C(C)C.O=S(=O)(O)C(F)(F)F.[Pd]. The van der Waals surface area contributed by atoms with Gasteiger partial charge in [0.15, 0.2) is 0 Å². The van der Waals surface area contributed by atoms with Crippen LogP contribution in [0.3, 0.4) is 0 Å². The molecule has 10 heteroatoms. The van der Waals surface area contributed by atoms with Crippen molar-refractivity contribution in [3.8, 4) is 0 Å². The van der Waals surface area contributed by atoms with Gasteiger partial charge in [-0.2, -0.15) is 21.6 Å². The molecule has 0 radical (unpaired) electrons. The average Bonchev–Trinajstić information content (AvgIpc) is 2.33. The van der Waals surface area contributed by atoms with E-state index in [1.165, 1.54) is 0 Å². The molecule has 0 atom stereocenters. The minimum atomic E-state index is -5.84. The molecule has 0 aromatic rings. The summed E-state index contributed by atoms with van der Waals surface area (Å²) in [4.78, 5) is 0. The van der Waals surface area contributed by atoms with Gasteiger partial charge in [0.25, 0.3) is 0 Å². The van der Waals surface area contributed by atoms with Crippen LogP contribution in [0.15, 0.2) is 0 Å². The van der Waals surface area contributed by atoms with Crippen LogP contribution in [-0.4, -0.2) is 52.4 Å². The number of halogens is 3. The van der Waals surface area contributed by atoms with E-state index in [-0.39, 0.29) is 36.3 Å². The molecular weight excluding hydrogens is 534 g/mol. The first kappa shape index (κ1) is 37.5. The summed E-state index contributed by atoms with van der Waals surface area (Å²) in [5.74, 6) is 0. The summed E-state index contributed by atoms with van der Waals surface area (Å²) >= 11 is 0. The molecule has 0 bridgehead atoms. The van der Waals surface area contributed by atoms with E-state index in [9.17, 15) is 13.2 Å². The van der Waals surface area contributed by atoms with Gasteiger partial charge in [-0.15, -0.1) is 0 Å². The van der Waals surface area contributed by atoms with Gasteiger partial charge in [-0.3, -0.25) is 4.55 Å². The Morgan fingerprint density at radius 2 is 0.690 bits per heavy atom. The van der Waals surface area contributed by atoms with Crippen molar-refractivity contribution in [3.05, 3.63) is 0 Å². The molecule has 0 heterocycles. The van der Waals surface area contributed by atoms with Crippen LogP contribution in [0, 0.1) is 0 Å². The summed E-state index contributed by atoms with van der Waals surface area (Å²) < 4.78 is 57.5. The Labute approximate surface area is 194 Å². The normalized spacial score (nSPS) is 12.6. The van der Waals surface area contributed by atoms with Gasteiger partial charge in [-0.05, 0) is 83.1 Å². The smallest absolute Gasteiger partial charge is 0.279 e. The van der Waals surface area contributed by atoms with E-state index in [1.807, 2.05) is 0 Å². The summed E-state index contributed by atoms with van der Waals surface area (Å²) in [7, 11) is -6.03. The van der Waals surface area contributed by atoms with Crippen LogP contribution in [0.1, 0.15) is 83.1 Å². The molecule has 0 spiro atoms.